The number of hydrogen-bond acceptors (Lipinski definition) is 10. The van der Waals surface area contributed by atoms with Crippen LogP contribution in [0, 0.1) is 11.3 Å². The minimum atomic E-state index is -3.45. The van der Waals surface area contributed by atoms with Gasteiger partial charge in [-0.05, 0) is 30.3 Å². The number of alkyl halides is 2. The summed E-state index contributed by atoms with van der Waals surface area (Å²) < 4.78 is 40.2. The molecule has 13 heteroatoms. The molecule has 0 saturated carbocycles. The number of benzene rings is 1. The number of aliphatic hydroxyl groups excluding tert-OH is 2. The van der Waals surface area contributed by atoms with E-state index in [-0.39, 0.29) is 24.3 Å². The van der Waals surface area contributed by atoms with E-state index >= 15 is 0 Å². The van der Waals surface area contributed by atoms with Gasteiger partial charge in [0.1, 0.15) is 17.6 Å². The molecule has 4 rings (SSSR count). The number of nitriles is 1. The minimum absolute atomic E-state index is 0.00772. The second kappa shape index (κ2) is 11.3. The van der Waals surface area contributed by atoms with Crippen LogP contribution < -0.4 is 14.8 Å². The number of ether oxygens (including phenoxy) is 2. The van der Waals surface area contributed by atoms with Crippen molar-refractivity contribution in [3.63, 3.8) is 0 Å². The third-order valence-electron chi connectivity index (χ3n) is 5.80. The molecule has 0 bridgehead atoms. The summed E-state index contributed by atoms with van der Waals surface area (Å²) >= 11 is 0. The Morgan fingerprint density at radius 3 is 2.79 bits per heavy atom. The van der Waals surface area contributed by atoms with Crippen LogP contribution in [0.3, 0.4) is 0 Å². The second-order valence-corrected chi connectivity index (χ2v) is 8.41. The number of halogens is 2. The van der Waals surface area contributed by atoms with Crippen LogP contribution in [-0.2, 0) is 4.79 Å². The highest BCUT2D eigenvalue weighted by atomic mass is 19.3. The summed E-state index contributed by atoms with van der Waals surface area (Å²) in [6, 6.07) is 11.4. The molecule has 1 saturated heterocycles. The van der Waals surface area contributed by atoms with Gasteiger partial charge < -0.3 is 29.9 Å². The van der Waals surface area contributed by atoms with Crippen molar-refractivity contribution < 1.29 is 33.3 Å². The Bertz CT molecular complexity index is 1350. The number of amides is 1. The first-order valence-corrected chi connectivity index (χ1v) is 11.5. The standard InChI is InChI=1S/C25H24F2N6O5/c1-37-22-11-17(4-7-29-22)31-21-5-8-30-23(32-21)15-2-3-19(16(10-15)12-28)38-20-6-9-33(14-25(20,26)27)24(36)18(35)13-34/h2-5,7-8,10-11,18,20,34-35H,6,9,13-14H2,1H3,(H,29,30,31,32)/t18-,20-/m0/s1. The van der Waals surface area contributed by atoms with Crippen LogP contribution in [0.2, 0.25) is 0 Å². The second-order valence-electron chi connectivity index (χ2n) is 8.41. The van der Waals surface area contributed by atoms with E-state index in [4.69, 9.17) is 14.6 Å². The van der Waals surface area contributed by atoms with Gasteiger partial charge in [-0.3, -0.25) is 4.79 Å². The lowest BCUT2D eigenvalue weighted by molar-refractivity contribution is -0.167. The number of piperidine rings is 1. The Kier molecular flexibility index (Phi) is 7.94. The lowest BCUT2D eigenvalue weighted by atomic mass is 10.0. The molecular weight excluding hydrogens is 502 g/mol. The molecule has 1 aromatic carbocycles. The minimum Gasteiger partial charge on any atom is -0.483 e. The number of likely N-dealkylation sites (tertiary alicyclic amines) is 1. The topological polar surface area (TPSA) is 154 Å². The molecule has 1 aliphatic heterocycles. The summed E-state index contributed by atoms with van der Waals surface area (Å²) in [6.45, 7) is -1.95. The summed E-state index contributed by atoms with van der Waals surface area (Å²) in [5.74, 6) is -3.30. The van der Waals surface area contributed by atoms with Gasteiger partial charge in [-0.1, -0.05) is 0 Å². The number of pyridine rings is 1. The summed E-state index contributed by atoms with van der Waals surface area (Å²) in [6.07, 6.45) is -0.491. The molecule has 198 valence electrons. The monoisotopic (exact) mass is 526 g/mol. The van der Waals surface area contributed by atoms with Gasteiger partial charge in [0, 0.05) is 42.7 Å². The van der Waals surface area contributed by atoms with Crippen LogP contribution in [-0.4, -0.2) is 80.9 Å². The predicted octanol–water partition coefficient (Wildman–Crippen LogP) is 2.13. The number of carbonyl (C=O) groups is 1. The third-order valence-corrected chi connectivity index (χ3v) is 5.80. The van der Waals surface area contributed by atoms with Gasteiger partial charge in [0.05, 0.1) is 25.8 Å². The first-order valence-electron chi connectivity index (χ1n) is 11.5. The number of nitrogens with zero attached hydrogens (tertiary/aromatic N) is 5. The molecule has 0 aliphatic carbocycles. The fourth-order valence-corrected chi connectivity index (χ4v) is 3.87. The summed E-state index contributed by atoms with van der Waals surface area (Å²) in [5, 5.41) is 31.2. The third kappa shape index (κ3) is 5.93. The van der Waals surface area contributed by atoms with E-state index < -0.39 is 37.2 Å². The van der Waals surface area contributed by atoms with Crippen LogP contribution in [0.25, 0.3) is 11.4 Å². The molecule has 3 aromatic rings. The average molecular weight is 527 g/mol. The lowest BCUT2D eigenvalue weighted by Crippen LogP contribution is -2.57. The van der Waals surface area contributed by atoms with Gasteiger partial charge in [0.25, 0.3) is 5.91 Å². The smallest absolute Gasteiger partial charge is 0.301 e. The zero-order chi connectivity index (χ0) is 27.3. The zero-order valence-corrected chi connectivity index (χ0v) is 20.2. The predicted molar refractivity (Wildman–Crippen MR) is 130 cm³/mol. The Hall–Kier alpha value is -4.41. The van der Waals surface area contributed by atoms with Crippen LogP contribution in [0.15, 0.2) is 48.8 Å². The highest BCUT2D eigenvalue weighted by molar-refractivity contribution is 5.81. The number of hydrogen-bond donors (Lipinski definition) is 3. The van der Waals surface area contributed by atoms with E-state index in [1.54, 1.807) is 30.5 Å². The number of anilines is 2. The molecular formula is C25H24F2N6O5. The molecule has 0 spiro atoms. The number of carbonyl (C=O) groups excluding carboxylic acids is 1. The Morgan fingerprint density at radius 2 is 2.08 bits per heavy atom. The van der Waals surface area contributed by atoms with Crippen molar-refractivity contribution in [3.8, 4) is 29.1 Å². The van der Waals surface area contributed by atoms with Gasteiger partial charge in [-0.15, -0.1) is 0 Å². The maximum atomic E-state index is 14.8. The van der Waals surface area contributed by atoms with Gasteiger partial charge in [-0.25, -0.2) is 23.7 Å². The average Bonchev–Trinajstić information content (AvgIpc) is 2.93. The lowest BCUT2D eigenvalue weighted by Gasteiger charge is -2.38. The van der Waals surface area contributed by atoms with E-state index in [9.17, 15) is 23.9 Å². The van der Waals surface area contributed by atoms with Crippen LogP contribution in [0.1, 0.15) is 12.0 Å². The van der Waals surface area contributed by atoms with Gasteiger partial charge in [-0.2, -0.15) is 5.26 Å². The summed E-state index contributed by atoms with van der Waals surface area (Å²) in [7, 11) is 1.50. The quantitative estimate of drug-likeness (QED) is 0.398. The molecule has 2 atom stereocenters. The number of aromatic nitrogens is 3. The van der Waals surface area contributed by atoms with Crippen molar-refractivity contribution in [1.29, 1.82) is 5.26 Å². The van der Waals surface area contributed by atoms with E-state index in [1.807, 2.05) is 6.07 Å². The molecule has 1 amide bonds. The highest BCUT2D eigenvalue weighted by Crippen LogP contribution is 2.34. The Balaban J connectivity index is 1.50. The van der Waals surface area contributed by atoms with Crippen molar-refractivity contribution in [3.05, 3.63) is 54.4 Å². The first-order chi connectivity index (χ1) is 18.2. The molecule has 38 heavy (non-hydrogen) atoms. The SMILES string of the molecule is COc1cc(Nc2ccnc(-c3ccc(O[C@H]4CCN(C(=O)[C@@H](O)CO)CC4(F)F)c(C#N)c3)n2)ccn1. The largest absolute Gasteiger partial charge is 0.483 e. The molecule has 0 unspecified atom stereocenters. The van der Waals surface area contributed by atoms with Crippen molar-refractivity contribution >= 4 is 17.4 Å². The van der Waals surface area contributed by atoms with E-state index in [0.717, 1.165) is 4.90 Å². The molecule has 1 aliphatic rings. The van der Waals surface area contributed by atoms with Gasteiger partial charge in [0.15, 0.2) is 18.0 Å². The molecule has 2 aromatic heterocycles. The maximum absolute atomic E-state index is 14.8. The van der Waals surface area contributed by atoms with Gasteiger partial charge in [0.2, 0.25) is 5.88 Å². The first kappa shape index (κ1) is 26.6. The highest BCUT2D eigenvalue weighted by Gasteiger charge is 2.48. The number of rotatable bonds is 8. The maximum Gasteiger partial charge on any atom is 0.301 e. The number of nitrogens with one attached hydrogen (secondary N) is 1. The number of aliphatic hydroxyl groups is 2. The van der Waals surface area contributed by atoms with Crippen LogP contribution in [0.4, 0.5) is 20.3 Å². The Labute approximate surface area is 216 Å². The van der Waals surface area contributed by atoms with Crippen molar-refractivity contribution in [2.24, 2.45) is 0 Å². The van der Waals surface area contributed by atoms with Crippen molar-refractivity contribution in [1.82, 2.24) is 19.9 Å². The molecule has 0 radical (unpaired) electrons. The number of methoxy groups -OCH3 is 1. The summed E-state index contributed by atoms with van der Waals surface area (Å²) in [4.78, 5) is 25.5. The van der Waals surface area contributed by atoms with Gasteiger partial charge >= 0.3 is 5.92 Å². The molecule has 11 nitrogen and oxygen atoms in total. The van der Waals surface area contributed by atoms with Crippen molar-refractivity contribution in [2.45, 2.75) is 24.6 Å². The van der Waals surface area contributed by atoms with Crippen molar-refractivity contribution in [2.75, 3.05) is 32.1 Å². The van der Waals surface area contributed by atoms with E-state index in [2.05, 4.69) is 20.3 Å². The summed E-state index contributed by atoms with van der Waals surface area (Å²) in [5.41, 5.74) is 1.16. The Morgan fingerprint density at radius 1 is 1.29 bits per heavy atom. The fourth-order valence-electron chi connectivity index (χ4n) is 3.87. The molecule has 3 N–H and O–H groups in total. The van der Waals surface area contributed by atoms with E-state index in [0.29, 0.717) is 28.8 Å². The molecule has 1 fully saturated rings. The van der Waals surface area contributed by atoms with E-state index in [1.165, 1.54) is 25.4 Å². The fraction of sp³-hybridized carbons (Fsp3) is 0.320. The normalized spacial score (nSPS) is 17.3. The van der Waals surface area contributed by atoms with Crippen LogP contribution >= 0.6 is 0 Å². The van der Waals surface area contributed by atoms with Crippen LogP contribution in [0.5, 0.6) is 11.6 Å². The zero-order valence-electron chi connectivity index (χ0n) is 20.2. The molecule has 3 heterocycles.